The molecular weight excluding hydrogens is 286 g/mol. The van der Waals surface area contributed by atoms with Crippen molar-refractivity contribution in [3.05, 3.63) is 0 Å². The molecule has 2 rings (SSSR count). The summed E-state index contributed by atoms with van der Waals surface area (Å²) in [7, 11) is -0.835. The van der Waals surface area contributed by atoms with E-state index in [1.807, 2.05) is 0 Å². The van der Waals surface area contributed by atoms with E-state index in [-0.39, 0.29) is 0 Å². The molecule has 5 nitrogen and oxygen atoms in total. The van der Waals surface area contributed by atoms with Crippen LogP contribution in [0.25, 0.3) is 0 Å². The molecule has 124 valence electrons. The summed E-state index contributed by atoms with van der Waals surface area (Å²) in [5, 5.41) is 3.41. The van der Waals surface area contributed by atoms with Gasteiger partial charge in [-0.15, -0.1) is 0 Å². The zero-order valence-corrected chi connectivity index (χ0v) is 14.4. The molecule has 0 aromatic heterocycles. The Morgan fingerprint density at radius 1 is 1.19 bits per heavy atom. The molecule has 0 spiro atoms. The molecule has 0 saturated carbocycles. The van der Waals surface area contributed by atoms with E-state index >= 15 is 0 Å². The maximum Gasteiger partial charge on any atom is 0.211 e. The third-order valence-electron chi connectivity index (χ3n) is 4.90. The second kappa shape index (κ2) is 7.90. The summed E-state index contributed by atoms with van der Waals surface area (Å²) >= 11 is 0. The van der Waals surface area contributed by atoms with E-state index in [0.29, 0.717) is 19.0 Å². The van der Waals surface area contributed by atoms with Gasteiger partial charge in [-0.25, -0.2) is 12.7 Å². The van der Waals surface area contributed by atoms with Crippen molar-refractivity contribution < 1.29 is 8.42 Å². The van der Waals surface area contributed by atoms with Gasteiger partial charge in [0, 0.05) is 19.6 Å². The smallest absolute Gasteiger partial charge is 0.211 e. The second-order valence-electron chi connectivity index (χ2n) is 6.87. The highest BCUT2D eigenvalue weighted by Crippen LogP contribution is 2.20. The maximum absolute atomic E-state index is 11.7. The summed E-state index contributed by atoms with van der Waals surface area (Å²) in [5.74, 6) is 1.36. The largest absolute Gasteiger partial charge is 0.317 e. The fourth-order valence-electron chi connectivity index (χ4n) is 3.58. The Morgan fingerprint density at radius 3 is 2.57 bits per heavy atom. The standard InChI is InChI=1S/C15H31N3O2S/c1-17(11-7-14-5-8-16-9-6-14)12-15-4-3-10-18(13-15)21(2,19)20/h14-16H,3-13H2,1-2H3. The highest BCUT2D eigenvalue weighted by Gasteiger charge is 2.26. The Kier molecular flexibility index (Phi) is 6.47. The van der Waals surface area contributed by atoms with Crippen LogP contribution in [-0.2, 0) is 10.0 Å². The van der Waals surface area contributed by atoms with Crippen LogP contribution in [0.1, 0.15) is 32.1 Å². The Bertz CT molecular complexity index is 407. The van der Waals surface area contributed by atoms with Gasteiger partial charge in [-0.2, -0.15) is 0 Å². The average molecular weight is 317 g/mol. The molecule has 21 heavy (non-hydrogen) atoms. The van der Waals surface area contributed by atoms with Crippen LogP contribution in [0.15, 0.2) is 0 Å². The van der Waals surface area contributed by atoms with Crippen LogP contribution in [0.5, 0.6) is 0 Å². The lowest BCUT2D eigenvalue weighted by atomic mass is 9.94. The number of rotatable bonds is 6. The normalized spacial score (nSPS) is 26.3. The lowest BCUT2D eigenvalue weighted by molar-refractivity contribution is 0.189. The molecule has 0 bridgehead atoms. The molecular formula is C15H31N3O2S. The molecule has 2 aliphatic rings. The summed E-state index contributed by atoms with van der Waals surface area (Å²) in [6.45, 7) is 5.91. The Balaban J connectivity index is 1.70. The van der Waals surface area contributed by atoms with E-state index in [0.717, 1.165) is 31.8 Å². The summed E-state index contributed by atoms with van der Waals surface area (Å²) in [5.41, 5.74) is 0. The molecule has 6 heteroatoms. The number of sulfonamides is 1. The van der Waals surface area contributed by atoms with Crippen LogP contribution < -0.4 is 5.32 Å². The number of hydrogen-bond acceptors (Lipinski definition) is 4. The molecule has 2 saturated heterocycles. The SMILES string of the molecule is CN(CCC1CCNCC1)CC1CCCN(S(C)(=O)=O)C1. The van der Waals surface area contributed by atoms with Crippen molar-refractivity contribution in [2.24, 2.45) is 11.8 Å². The van der Waals surface area contributed by atoms with Crippen molar-refractivity contribution in [1.29, 1.82) is 0 Å². The second-order valence-corrected chi connectivity index (χ2v) is 8.86. The third-order valence-corrected chi connectivity index (χ3v) is 6.17. The molecule has 0 aromatic carbocycles. The summed E-state index contributed by atoms with van der Waals surface area (Å²) in [6.07, 6.45) is 7.37. The van der Waals surface area contributed by atoms with Gasteiger partial charge in [-0.1, -0.05) is 0 Å². The number of hydrogen-bond donors (Lipinski definition) is 1. The van der Waals surface area contributed by atoms with Gasteiger partial charge in [0.05, 0.1) is 6.26 Å². The summed E-state index contributed by atoms with van der Waals surface area (Å²) in [6, 6.07) is 0. The molecule has 2 fully saturated rings. The van der Waals surface area contributed by atoms with E-state index in [1.54, 1.807) is 4.31 Å². The summed E-state index contributed by atoms with van der Waals surface area (Å²) in [4.78, 5) is 2.40. The van der Waals surface area contributed by atoms with Crippen LogP contribution >= 0.6 is 0 Å². The first-order valence-electron chi connectivity index (χ1n) is 8.29. The lowest BCUT2D eigenvalue weighted by Crippen LogP contribution is -2.43. The first-order chi connectivity index (χ1) is 9.95. The zero-order chi connectivity index (χ0) is 15.3. The lowest BCUT2D eigenvalue weighted by Gasteiger charge is -2.33. The minimum Gasteiger partial charge on any atom is -0.317 e. The van der Waals surface area contributed by atoms with Gasteiger partial charge in [0.25, 0.3) is 0 Å². The van der Waals surface area contributed by atoms with Gasteiger partial charge in [-0.3, -0.25) is 0 Å². The van der Waals surface area contributed by atoms with Gasteiger partial charge in [-0.05, 0) is 70.6 Å². The average Bonchev–Trinajstić information content (AvgIpc) is 2.46. The van der Waals surface area contributed by atoms with Crippen molar-refractivity contribution in [2.45, 2.75) is 32.1 Å². The predicted molar refractivity (Wildman–Crippen MR) is 86.8 cm³/mol. The van der Waals surface area contributed by atoms with E-state index in [2.05, 4.69) is 17.3 Å². The third kappa shape index (κ3) is 5.85. The monoisotopic (exact) mass is 317 g/mol. The van der Waals surface area contributed by atoms with Gasteiger partial charge < -0.3 is 10.2 Å². The van der Waals surface area contributed by atoms with Crippen molar-refractivity contribution in [1.82, 2.24) is 14.5 Å². The highest BCUT2D eigenvalue weighted by atomic mass is 32.2. The van der Waals surface area contributed by atoms with Gasteiger partial charge in [0.1, 0.15) is 0 Å². The molecule has 1 N–H and O–H groups in total. The van der Waals surface area contributed by atoms with Crippen molar-refractivity contribution >= 4 is 10.0 Å². The first-order valence-corrected chi connectivity index (χ1v) is 10.1. The van der Waals surface area contributed by atoms with Gasteiger partial charge in [0.2, 0.25) is 10.0 Å². The predicted octanol–water partition coefficient (Wildman–Crippen LogP) is 0.980. The molecule has 0 amide bonds. The molecule has 0 radical (unpaired) electrons. The van der Waals surface area contributed by atoms with Crippen LogP contribution in [0.4, 0.5) is 0 Å². The summed E-state index contributed by atoms with van der Waals surface area (Å²) < 4.78 is 25.0. The molecule has 0 aliphatic carbocycles. The highest BCUT2D eigenvalue weighted by molar-refractivity contribution is 7.88. The number of nitrogens with one attached hydrogen (secondary N) is 1. The van der Waals surface area contributed by atoms with Crippen molar-refractivity contribution in [3.8, 4) is 0 Å². The zero-order valence-electron chi connectivity index (χ0n) is 13.6. The molecule has 0 aromatic rings. The Labute approximate surface area is 130 Å². The first kappa shape index (κ1) is 17.2. The van der Waals surface area contributed by atoms with Crippen molar-refractivity contribution in [2.75, 3.05) is 52.6 Å². The van der Waals surface area contributed by atoms with Crippen LogP contribution in [0, 0.1) is 11.8 Å². The van der Waals surface area contributed by atoms with E-state index in [1.165, 1.54) is 38.6 Å². The van der Waals surface area contributed by atoms with Crippen LogP contribution in [-0.4, -0.2) is 70.2 Å². The molecule has 1 unspecified atom stereocenters. The van der Waals surface area contributed by atoms with Gasteiger partial charge in [0.15, 0.2) is 0 Å². The van der Waals surface area contributed by atoms with E-state index < -0.39 is 10.0 Å². The van der Waals surface area contributed by atoms with Crippen molar-refractivity contribution in [3.63, 3.8) is 0 Å². The fraction of sp³-hybridized carbons (Fsp3) is 1.00. The van der Waals surface area contributed by atoms with Crippen LogP contribution in [0.2, 0.25) is 0 Å². The number of nitrogens with zero attached hydrogens (tertiary/aromatic N) is 2. The molecule has 2 aliphatic heterocycles. The minimum absolute atomic E-state index is 0.492. The molecule has 1 atom stereocenters. The number of piperidine rings is 2. The Hall–Kier alpha value is -0.170. The van der Waals surface area contributed by atoms with E-state index in [9.17, 15) is 8.42 Å². The quantitative estimate of drug-likeness (QED) is 0.793. The molecule has 2 heterocycles. The fourth-order valence-corrected chi connectivity index (χ4v) is 4.52. The Morgan fingerprint density at radius 2 is 1.90 bits per heavy atom. The van der Waals surface area contributed by atoms with E-state index in [4.69, 9.17) is 0 Å². The van der Waals surface area contributed by atoms with Gasteiger partial charge >= 0.3 is 0 Å². The topological polar surface area (TPSA) is 52.6 Å². The maximum atomic E-state index is 11.7. The minimum atomic E-state index is -3.02. The van der Waals surface area contributed by atoms with Crippen LogP contribution in [0.3, 0.4) is 0 Å².